The number of ether oxygens (including phenoxy) is 1. The predicted octanol–water partition coefficient (Wildman–Crippen LogP) is 3.36. The van der Waals surface area contributed by atoms with Crippen molar-refractivity contribution in [3.63, 3.8) is 0 Å². The molecule has 1 fully saturated rings. The third-order valence-corrected chi connectivity index (χ3v) is 4.36. The van der Waals surface area contributed by atoms with Gasteiger partial charge in [0.2, 0.25) is 0 Å². The zero-order valence-corrected chi connectivity index (χ0v) is 11.5. The van der Waals surface area contributed by atoms with Crippen LogP contribution >= 0.6 is 15.9 Å². The number of aromatic nitrogens is 1. The fourth-order valence-electron chi connectivity index (χ4n) is 2.99. The Balaban J connectivity index is 1.97. The second-order valence-corrected chi connectivity index (χ2v) is 5.85. The van der Waals surface area contributed by atoms with Crippen molar-refractivity contribution >= 4 is 32.5 Å². The maximum Gasteiger partial charge on any atom is 0.153 e. The van der Waals surface area contributed by atoms with Gasteiger partial charge in [0.15, 0.2) is 5.75 Å². The fourth-order valence-corrected chi connectivity index (χ4v) is 3.35. The molecule has 0 unspecified atom stereocenters. The highest BCUT2D eigenvalue weighted by atomic mass is 79.9. The van der Waals surface area contributed by atoms with Crippen LogP contribution in [0.25, 0.3) is 10.9 Å². The molecule has 4 heteroatoms. The molecule has 3 nitrogen and oxygen atoms in total. The molecule has 1 saturated heterocycles. The van der Waals surface area contributed by atoms with E-state index in [-0.39, 0.29) is 0 Å². The SMILES string of the molecule is Brc1ccc2ncc3c(c2c1)OC[C@@H]1CCCN31. The molecule has 0 N–H and O–H groups in total. The number of nitrogens with zero attached hydrogens (tertiary/aromatic N) is 2. The number of fused-ring (bicyclic) bond motifs is 5. The van der Waals surface area contributed by atoms with Crippen molar-refractivity contribution in [2.24, 2.45) is 0 Å². The molecular formula is C14H13BrN2O. The first kappa shape index (κ1) is 10.6. The minimum atomic E-state index is 0.545. The van der Waals surface area contributed by atoms with Crippen molar-refractivity contribution in [3.8, 4) is 5.75 Å². The molecule has 0 aliphatic carbocycles. The largest absolute Gasteiger partial charge is 0.488 e. The molecular weight excluding hydrogens is 292 g/mol. The summed E-state index contributed by atoms with van der Waals surface area (Å²) in [5.41, 5.74) is 2.16. The molecule has 0 spiro atoms. The molecule has 92 valence electrons. The van der Waals surface area contributed by atoms with E-state index in [1.165, 1.54) is 12.8 Å². The lowest BCUT2D eigenvalue weighted by Crippen LogP contribution is -2.38. The normalized spacial score (nSPS) is 21.6. The molecule has 2 aromatic rings. The van der Waals surface area contributed by atoms with Crippen molar-refractivity contribution < 1.29 is 4.74 Å². The van der Waals surface area contributed by atoms with Gasteiger partial charge in [-0.2, -0.15) is 0 Å². The summed E-state index contributed by atoms with van der Waals surface area (Å²) >= 11 is 3.52. The number of benzene rings is 1. The van der Waals surface area contributed by atoms with Crippen LogP contribution in [0.3, 0.4) is 0 Å². The molecule has 2 aliphatic heterocycles. The van der Waals surface area contributed by atoms with Crippen LogP contribution in [0.1, 0.15) is 12.8 Å². The topological polar surface area (TPSA) is 25.4 Å². The highest BCUT2D eigenvalue weighted by molar-refractivity contribution is 9.10. The number of hydrogen-bond donors (Lipinski definition) is 0. The monoisotopic (exact) mass is 304 g/mol. The van der Waals surface area contributed by atoms with E-state index >= 15 is 0 Å². The van der Waals surface area contributed by atoms with E-state index in [1.54, 1.807) is 0 Å². The minimum absolute atomic E-state index is 0.545. The van der Waals surface area contributed by atoms with Gasteiger partial charge in [0.1, 0.15) is 6.61 Å². The standard InChI is InChI=1S/C14H13BrN2O/c15-9-3-4-12-11(6-9)14-13(7-16-12)17-5-1-2-10(17)8-18-14/h3-4,6-7,10H,1-2,5,8H2/t10-/m0/s1. The minimum Gasteiger partial charge on any atom is -0.488 e. The van der Waals surface area contributed by atoms with E-state index < -0.39 is 0 Å². The first-order valence-corrected chi connectivity index (χ1v) is 7.10. The summed E-state index contributed by atoms with van der Waals surface area (Å²) in [5.74, 6) is 0.999. The van der Waals surface area contributed by atoms with Crippen LogP contribution in [-0.2, 0) is 0 Å². The molecule has 18 heavy (non-hydrogen) atoms. The zero-order valence-electron chi connectivity index (χ0n) is 9.90. The number of hydrogen-bond acceptors (Lipinski definition) is 3. The average Bonchev–Trinajstić information content (AvgIpc) is 2.86. The highest BCUT2D eigenvalue weighted by Gasteiger charge is 2.32. The number of rotatable bonds is 0. The van der Waals surface area contributed by atoms with Crippen LogP contribution in [0, 0.1) is 0 Å². The van der Waals surface area contributed by atoms with Crippen molar-refractivity contribution in [2.75, 3.05) is 18.1 Å². The van der Waals surface area contributed by atoms with E-state index in [0.717, 1.165) is 40.0 Å². The van der Waals surface area contributed by atoms with Gasteiger partial charge < -0.3 is 9.64 Å². The summed E-state index contributed by atoms with van der Waals surface area (Å²) < 4.78 is 7.07. The van der Waals surface area contributed by atoms with E-state index in [2.05, 4.69) is 31.9 Å². The second kappa shape index (κ2) is 3.85. The lowest BCUT2D eigenvalue weighted by atomic mass is 10.1. The first-order chi connectivity index (χ1) is 8.83. The third-order valence-electron chi connectivity index (χ3n) is 3.87. The Kier molecular flexibility index (Phi) is 2.27. The lowest BCUT2D eigenvalue weighted by molar-refractivity contribution is 0.275. The predicted molar refractivity (Wildman–Crippen MR) is 75.3 cm³/mol. The van der Waals surface area contributed by atoms with Crippen LogP contribution in [0.2, 0.25) is 0 Å². The van der Waals surface area contributed by atoms with Gasteiger partial charge in [-0.05, 0) is 31.0 Å². The third kappa shape index (κ3) is 1.45. The highest BCUT2D eigenvalue weighted by Crippen LogP contribution is 2.42. The van der Waals surface area contributed by atoms with Crippen molar-refractivity contribution in [1.82, 2.24) is 4.98 Å². The maximum atomic E-state index is 6.00. The molecule has 2 aliphatic rings. The Morgan fingerprint density at radius 2 is 2.33 bits per heavy atom. The smallest absolute Gasteiger partial charge is 0.153 e. The molecule has 0 radical (unpaired) electrons. The molecule has 3 heterocycles. The Morgan fingerprint density at radius 3 is 3.28 bits per heavy atom. The van der Waals surface area contributed by atoms with Gasteiger partial charge in [-0.25, -0.2) is 0 Å². The zero-order chi connectivity index (χ0) is 12.1. The van der Waals surface area contributed by atoms with Crippen molar-refractivity contribution in [1.29, 1.82) is 0 Å². The van der Waals surface area contributed by atoms with Gasteiger partial charge in [-0.3, -0.25) is 4.98 Å². The number of pyridine rings is 1. The Morgan fingerprint density at radius 1 is 1.39 bits per heavy atom. The molecule has 1 atom stereocenters. The van der Waals surface area contributed by atoms with Crippen LogP contribution in [0.4, 0.5) is 5.69 Å². The van der Waals surface area contributed by atoms with Crippen LogP contribution in [-0.4, -0.2) is 24.2 Å². The van der Waals surface area contributed by atoms with E-state index in [1.807, 2.05) is 18.3 Å². The molecule has 1 aromatic heterocycles. The summed E-state index contributed by atoms with van der Waals surface area (Å²) in [6, 6.07) is 6.68. The average molecular weight is 305 g/mol. The number of halogens is 1. The maximum absolute atomic E-state index is 6.00. The van der Waals surface area contributed by atoms with Crippen molar-refractivity contribution in [2.45, 2.75) is 18.9 Å². The van der Waals surface area contributed by atoms with Gasteiger partial charge in [-0.1, -0.05) is 15.9 Å². The quantitative estimate of drug-likeness (QED) is 0.746. The molecule has 4 rings (SSSR count). The summed E-state index contributed by atoms with van der Waals surface area (Å²) in [5, 5.41) is 1.10. The van der Waals surface area contributed by atoms with Gasteiger partial charge in [0.05, 0.1) is 23.4 Å². The van der Waals surface area contributed by atoms with Gasteiger partial charge in [0, 0.05) is 16.4 Å². The van der Waals surface area contributed by atoms with Crippen molar-refractivity contribution in [3.05, 3.63) is 28.9 Å². The number of anilines is 1. The summed E-state index contributed by atoms with van der Waals surface area (Å²) in [7, 11) is 0. The van der Waals surface area contributed by atoms with Gasteiger partial charge in [-0.15, -0.1) is 0 Å². The summed E-state index contributed by atoms with van der Waals surface area (Å²) in [4.78, 5) is 7.00. The van der Waals surface area contributed by atoms with E-state index in [0.29, 0.717) is 6.04 Å². The Labute approximate surface area is 114 Å². The Bertz CT molecular complexity index is 628. The van der Waals surface area contributed by atoms with Crippen LogP contribution in [0.15, 0.2) is 28.9 Å². The molecule has 0 bridgehead atoms. The molecule has 0 amide bonds. The Hall–Kier alpha value is -1.29. The van der Waals surface area contributed by atoms with E-state index in [4.69, 9.17) is 4.74 Å². The van der Waals surface area contributed by atoms with E-state index in [9.17, 15) is 0 Å². The van der Waals surface area contributed by atoms with Crippen LogP contribution in [0.5, 0.6) is 5.75 Å². The van der Waals surface area contributed by atoms with Crippen LogP contribution < -0.4 is 9.64 Å². The second-order valence-electron chi connectivity index (χ2n) is 4.93. The molecule has 1 aromatic carbocycles. The summed E-state index contributed by atoms with van der Waals surface area (Å²) in [6.45, 7) is 1.93. The van der Waals surface area contributed by atoms with Gasteiger partial charge in [0.25, 0.3) is 0 Å². The fraction of sp³-hybridized carbons (Fsp3) is 0.357. The first-order valence-electron chi connectivity index (χ1n) is 6.30. The van der Waals surface area contributed by atoms with Gasteiger partial charge >= 0.3 is 0 Å². The molecule has 0 saturated carbocycles. The summed E-state index contributed by atoms with van der Waals surface area (Å²) in [6.07, 6.45) is 4.45. The lowest BCUT2D eigenvalue weighted by Gasteiger charge is -2.33.